The highest BCUT2D eigenvalue weighted by atomic mass is 16.7. The number of carbonyl (C=O) groups is 2. The second-order valence-electron chi connectivity index (χ2n) is 14.9. The molecule has 52 heavy (non-hydrogen) atoms. The lowest BCUT2D eigenvalue weighted by Crippen LogP contribution is -2.26. The fraction of sp³-hybridized carbons (Fsp3) is 0.955. The van der Waals surface area contributed by atoms with Gasteiger partial charge in [-0.05, 0) is 38.8 Å². The van der Waals surface area contributed by atoms with Crippen LogP contribution in [0.1, 0.15) is 208 Å². The Labute approximate surface area is 322 Å². The maximum absolute atomic E-state index is 12.9. The molecule has 8 nitrogen and oxygen atoms in total. The first-order valence-electron chi connectivity index (χ1n) is 22.4. The molecule has 1 atom stereocenters. The number of rotatable bonds is 41. The number of unbranched alkanes of at least 4 members (excludes halogenated alkanes) is 20. The Kier molecular flexibility index (Phi) is 39.7. The minimum Gasteiger partial charge on any atom is -0.465 e. The van der Waals surface area contributed by atoms with Crippen molar-refractivity contribution in [1.82, 2.24) is 4.90 Å². The van der Waals surface area contributed by atoms with Crippen LogP contribution in [0, 0.1) is 5.92 Å². The minimum absolute atomic E-state index is 0.0466. The average molecular weight is 742 g/mol. The van der Waals surface area contributed by atoms with Crippen LogP contribution in [-0.4, -0.2) is 76.0 Å². The molecular weight excluding hydrogens is 654 g/mol. The van der Waals surface area contributed by atoms with Crippen LogP contribution in [0.15, 0.2) is 0 Å². The fourth-order valence-electron chi connectivity index (χ4n) is 6.45. The average Bonchev–Trinajstić information content (AvgIpc) is 3.15. The summed E-state index contributed by atoms with van der Waals surface area (Å²) in [5.41, 5.74) is 0. The quantitative estimate of drug-likeness (QED) is 0.0348. The van der Waals surface area contributed by atoms with Gasteiger partial charge >= 0.3 is 12.1 Å². The molecule has 1 unspecified atom stereocenters. The van der Waals surface area contributed by atoms with Gasteiger partial charge in [-0.25, -0.2) is 4.79 Å². The zero-order valence-corrected chi connectivity index (χ0v) is 35.2. The highest BCUT2D eigenvalue weighted by Gasteiger charge is 2.18. The van der Waals surface area contributed by atoms with E-state index in [1.165, 1.54) is 122 Å². The van der Waals surface area contributed by atoms with Crippen molar-refractivity contribution in [2.45, 2.75) is 214 Å². The fourth-order valence-corrected chi connectivity index (χ4v) is 6.45. The number of carbonyl (C=O) groups excluding carboxylic acids is 2. The van der Waals surface area contributed by atoms with Crippen LogP contribution < -0.4 is 0 Å². The van der Waals surface area contributed by atoms with Crippen molar-refractivity contribution < 1.29 is 33.3 Å². The third kappa shape index (κ3) is 35.6. The van der Waals surface area contributed by atoms with E-state index < -0.39 is 6.16 Å². The van der Waals surface area contributed by atoms with Crippen molar-refractivity contribution in [2.75, 3.05) is 52.7 Å². The van der Waals surface area contributed by atoms with E-state index in [0.717, 1.165) is 58.2 Å². The molecule has 0 aliphatic rings. The molecule has 310 valence electrons. The lowest BCUT2D eigenvalue weighted by atomic mass is 10.0. The zero-order chi connectivity index (χ0) is 38.2. The monoisotopic (exact) mass is 742 g/mol. The van der Waals surface area contributed by atoms with E-state index in [-0.39, 0.29) is 37.8 Å². The maximum Gasteiger partial charge on any atom is 0.508 e. The summed E-state index contributed by atoms with van der Waals surface area (Å²) in [4.78, 5) is 27.6. The van der Waals surface area contributed by atoms with Crippen LogP contribution in [-0.2, 0) is 28.5 Å². The molecule has 0 saturated heterocycles. The molecule has 0 aliphatic heterocycles. The van der Waals surface area contributed by atoms with Crippen LogP contribution >= 0.6 is 0 Å². The van der Waals surface area contributed by atoms with E-state index in [2.05, 4.69) is 39.5 Å². The van der Waals surface area contributed by atoms with Gasteiger partial charge in [-0.1, -0.05) is 169 Å². The number of hydrogen-bond donors (Lipinski definition) is 0. The Morgan fingerprint density at radius 3 is 1.38 bits per heavy atom. The van der Waals surface area contributed by atoms with E-state index >= 15 is 0 Å². The summed E-state index contributed by atoms with van der Waals surface area (Å²) in [6.45, 7) is 16.0. The van der Waals surface area contributed by atoms with Gasteiger partial charge in [0.05, 0.1) is 19.6 Å². The SMILES string of the molecule is CCCCCCCCCCCC(COC(=O)CCC(OCCCCCCCCC)OCCCCCCCCC)COC(=O)OCCCN(CC)CC. The zero-order valence-electron chi connectivity index (χ0n) is 35.2. The van der Waals surface area contributed by atoms with Gasteiger partial charge in [-0.2, -0.15) is 0 Å². The molecule has 0 aromatic carbocycles. The van der Waals surface area contributed by atoms with Crippen LogP contribution in [0.4, 0.5) is 4.79 Å². The van der Waals surface area contributed by atoms with E-state index in [1.54, 1.807) is 0 Å². The lowest BCUT2D eigenvalue weighted by molar-refractivity contribution is -0.160. The molecule has 0 radical (unpaired) electrons. The van der Waals surface area contributed by atoms with Crippen molar-refractivity contribution in [2.24, 2.45) is 5.92 Å². The summed E-state index contributed by atoms with van der Waals surface area (Å²) in [5.74, 6) is -0.296. The van der Waals surface area contributed by atoms with Crippen molar-refractivity contribution in [3.63, 3.8) is 0 Å². The topological polar surface area (TPSA) is 83.5 Å². The lowest BCUT2D eigenvalue weighted by Gasteiger charge is -2.20. The van der Waals surface area contributed by atoms with Crippen LogP contribution in [0.25, 0.3) is 0 Å². The highest BCUT2D eigenvalue weighted by Crippen LogP contribution is 2.17. The second kappa shape index (κ2) is 40.8. The molecule has 0 N–H and O–H groups in total. The summed E-state index contributed by atoms with van der Waals surface area (Å²) in [6, 6.07) is 0. The van der Waals surface area contributed by atoms with Gasteiger partial charge in [-0.3, -0.25) is 4.79 Å². The van der Waals surface area contributed by atoms with Crippen molar-refractivity contribution in [3.05, 3.63) is 0 Å². The summed E-state index contributed by atoms with van der Waals surface area (Å²) < 4.78 is 28.9. The molecule has 0 aliphatic carbocycles. The Morgan fingerprint density at radius 2 is 0.904 bits per heavy atom. The predicted molar refractivity (Wildman–Crippen MR) is 217 cm³/mol. The second-order valence-corrected chi connectivity index (χ2v) is 14.9. The summed E-state index contributed by atoms with van der Waals surface area (Å²) in [5, 5.41) is 0. The van der Waals surface area contributed by atoms with Crippen molar-refractivity contribution in [1.29, 1.82) is 0 Å². The molecule has 0 rings (SSSR count). The van der Waals surface area contributed by atoms with Gasteiger partial charge in [-0.15, -0.1) is 0 Å². The smallest absolute Gasteiger partial charge is 0.465 e. The largest absolute Gasteiger partial charge is 0.508 e. The Morgan fingerprint density at radius 1 is 0.462 bits per heavy atom. The minimum atomic E-state index is -0.637. The molecule has 0 aromatic rings. The van der Waals surface area contributed by atoms with Crippen LogP contribution in [0.5, 0.6) is 0 Å². The number of hydrogen-bond acceptors (Lipinski definition) is 8. The summed E-state index contributed by atoms with van der Waals surface area (Å²) in [7, 11) is 0. The third-order valence-corrected chi connectivity index (χ3v) is 10.1. The number of ether oxygens (including phenoxy) is 5. The highest BCUT2D eigenvalue weighted by molar-refractivity contribution is 5.69. The van der Waals surface area contributed by atoms with Gasteiger partial charge in [0, 0.05) is 32.1 Å². The van der Waals surface area contributed by atoms with Crippen molar-refractivity contribution >= 4 is 12.1 Å². The number of esters is 1. The van der Waals surface area contributed by atoms with E-state index in [0.29, 0.717) is 26.2 Å². The van der Waals surface area contributed by atoms with Crippen molar-refractivity contribution in [3.8, 4) is 0 Å². The normalized spacial score (nSPS) is 12.1. The molecule has 0 heterocycles. The molecule has 0 fully saturated rings. The molecular formula is C44H87NO7. The molecule has 0 aromatic heterocycles. The van der Waals surface area contributed by atoms with E-state index in [4.69, 9.17) is 23.7 Å². The van der Waals surface area contributed by atoms with Gasteiger partial charge in [0.25, 0.3) is 0 Å². The van der Waals surface area contributed by atoms with Crippen LogP contribution in [0.2, 0.25) is 0 Å². The van der Waals surface area contributed by atoms with E-state index in [1.807, 2.05) is 0 Å². The summed E-state index contributed by atoms with van der Waals surface area (Å²) >= 11 is 0. The van der Waals surface area contributed by atoms with E-state index in [9.17, 15) is 9.59 Å². The molecule has 0 amide bonds. The first-order chi connectivity index (χ1) is 25.5. The Bertz CT molecular complexity index is 728. The van der Waals surface area contributed by atoms with Gasteiger partial charge in [0.1, 0.15) is 6.61 Å². The first-order valence-corrected chi connectivity index (χ1v) is 22.4. The molecule has 8 heteroatoms. The summed E-state index contributed by atoms with van der Waals surface area (Å²) in [6.07, 6.45) is 29.8. The Hall–Kier alpha value is -1.38. The standard InChI is InChI=1S/C44H87NO7/c1-6-11-14-17-20-21-22-25-28-32-41(40-52-44(47)50-38-31-35-45(9-4)10-5)39-51-42(46)33-34-43(48-36-29-26-23-18-15-12-7-2)49-37-30-27-24-19-16-13-8-3/h41,43H,6-40H2,1-5H3. The number of nitrogens with zero attached hydrogens (tertiary/aromatic N) is 1. The van der Waals surface area contributed by atoms with Gasteiger partial charge < -0.3 is 28.6 Å². The predicted octanol–water partition coefficient (Wildman–Crippen LogP) is 12.6. The van der Waals surface area contributed by atoms with Gasteiger partial charge in [0.2, 0.25) is 0 Å². The maximum atomic E-state index is 12.9. The van der Waals surface area contributed by atoms with Gasteiger partial charge in [0.15, 0.2) is 6.29 Å². The molecule has 0 bridgehead atoms. The van der Waals surface area contributed by atoms with Crippen LogP contribution in [0.3, 0.4) is 0 Å². The Balaban J connectivity index is 4.79. The molecule has 0 spiro atoms. The molecule has 0 saturated carbocycles. The third-order valence-electron chi connectivity index (χ3n) is 10.1. The first kappa shape index (κ1) is 50.6.